The van der Waals surface area contributed by atoms with Gasteiger partial charge in [-0.05, 0) is 79.8 Å². The van der Waals surface area contributed by atoms with E-state index in [1.54, 1.807) is 0 Å². The number of aliphatic hydroxyl groups excluding tert-OH is 1. The van der Waals surface area contributed by atoms with Gasteiger partial charge < -0.3 is 10.4 Å². The zero-order valence-electron chi connectivity index (χ0n) is 23.3. The van der Waals surface area contributed by atoms with E-state index in [9.17, 15) is 5.11 Å². The topological polar surface area (TPSA) is 32.3 Å². The molecule has 0 bridgehead atoms. The molecule has 0 saturated heterocycles. The molecule has 6 aromatic rings. The second-order valence-electron chi connectivity index (χ2n) is 11.4. The second kappa shape index (κ2) is 9.87. The highest BCUT2D eigenvalue weighted by Crippen LogP contribution is 2.63. The van der Waals surface area contributed by atoms with E-state index in [1.807, 2.05) is 0 Å². The summed E-state index contributed by atoms with van der Waals surface area (Å²) in [7, 11) is 0. The molecule has 2 heteroatoms. The van der Waals surface area contributed by atoms with Gasteiger partial charge >= 0.3 is 0 Å². The van der Waals surface area contributed by atoms with Gasteiger partial charge in [-0.2, -0.15) is 0 Å². The number of benzene rings is 6. The summed E-state index contributed by atoms with van der Waals surface area (Å²) < 4.78 is 0. The molecule has 2 N–H and O–H groups in total. The van der Waals surface area contributed by atoms with Crippen molar-refractivity contribution in [3.63, 3.8) is 0 Å². The molecule has 0 heterocycles. The van der Waals surface area contributed by atoms with Crippen molar-refractivity contribution in [2.24, 2.45) is 0 Å². The Kier molecular flexibility index (Phi) is 5.84. The smallest absolute Gasteiger partial charge is 0.0726 e. The highest BCUT2D eigenvalue weighted by molar-refractivity contribution is 5.95. The summed E-state index contributed by atoms with van der Waals surface area (Å²) in [6.07, 6.45) is 0.888. The molecule has 2 aliphatic rings. The lowest BCUT2D eigenvalue weighted by atomic mass is 9.70. The molecule has 0 amide bonds. The van der Waals surface area contributed by atoms with Crippen molar-refractivity contribution in [2.75, 3.05) is 5.32 Å². The lowest BCUT2D eigenvalue weighted by Crippen LogP contribution is -2.26. The summed E-state index contributed by atoms with van der Waals surface area (Å²) in [6.45, 7) is 0.0219. The van der Waals surface area contributed by atoms with Crippen LogP contribution in [0.3, 0.4) is 0 Å². The van der Waals surface area contributed by atoms with Crippen molar-refractivity contribution in [3.05, 3.63) is 185 Å². The quantitative estimate of drug-likeness (QED) is 0.220. The van der Waals surface area contributed by atoms with Crippen molar-refractivity contribution >= 4 is 5.69 Å². The number of anilines is 1. The molecule has 1 spiro atoms. The van der Waals surface area contributed by atoms with E-state index in [4.69, 9.17) is 0 Å². The maximum Gasteiger partial charge on any atom is 0.0726 e. The van der Waals surface area contributed by atoms with Crippen LogP contribution in [0.1, 0.15) is 45.0 Å². The summed E-state index contributed by atoms with van der Waals surface area (Å²) in [5, 5.41) is 14.1. The Hall–Kier alpha value is -4.92. The van der Waals surface area contributed by atoms with Gasteiger partial charge in [-0.1, -0.05) is 133 Å². The first-order valence-corrected chi connectivity index (χ1v) is 14.7. The van der Waals surface area contributed by atoms with E-state index in [0.29, 0.717) is 0 Å². The Morgan fingerprint density at radius 2 is 1.05 bits per heavy atom. The predicted molar refractivity (Wildman–Crippen MR) is 172 cm³/mol. The number of hydrogen-bond donors (Lipinski definition) is 2. The van der Waals surface area contributed by atoms with Crippen LogP contribution in [0.4, 0.5) is 5.69 Å². The summed E-state index contributed by atoms with van der Waals surface area (Å²) in [5.74, 6) is 0. The minimum atomic E-state index is -0.442. The fraction of sp³-hybridized carbons (Fsp3) is 0.100. The van der Waals surface area contributed by atoms with Crippen LogP contribution in [0.25, 0.3) is 22.3 Å². The van der Waals surface area contributed by atoms with Crippen LogP contribution in [0.2, 0.25) is 0 Å². The number of fused-ring (bicyclic) bond motifs is 10. The summed E-state index contributed by atoms with van der Waals surface area (Å²) in [5.41, 5.74) is 14.4. The molecule has 2 aliphatic carbocycles. The van der Waals surface area contributed by atoms with Crippen molar-refractivity contribution in [2.45, 2.75) is 24.5 Å². The number of rotatable bonds is 6. The summed E-state index contributed by atoms with van der Waals surface area (Å²) in [6, 6.07) is 52.7. The van der Waals surface area contributed by atoms with Gasteiger partial charge in [0.25, 0.3) is 0 Å². The van der Waals surface area contributed by atoms with Gasteiger partial charge in [-0.25, -0.2) is 0 Å². The monoisotopic (exact) mass is 541 g/mol. The lowest BCUT2D eigenvalue weighted by Gasteiger charge is -2.31. The summed E-state index contributed by atoms with van der Waals surface area (Å²) >= 11 is 0. The molecule has 0 aromatic heterocycles. The third-order valence-electron chi connectivity index (χ3n) is 9.16. The van der Waals surface area contributed by atoms with Gasteiger partial charge in [0.15, 0.2) is 0 Å². The normalized spacial score (nSPS) is 14.1. The predicted octanol–water partition coefficient (Wildman–Crippen LogP) is 8.92. The van der Waals surface area contributed by atoms with E-state index in [0.717, 1.165) is 17.7 Å². The van der Waals surface area contributed by atoms with Crippen molar-refractivity contribution in [1.82, 2.24) is 0 Å². The van der Waals surface area contributed by atoms with Crippen molar-refractivity contribution in [3.8, 4) is 22.3 Å². The number of aliphatic hydroxyl groups is 1. The van der Waals surface area contributed by atoms with E-state index in [-0.39, 0.29) is 12.6 Å². The Labute approximate surface area is 247 Å². The molecule has 2 nitrogen and oxygen atoms in total. The zero-order valence-corrected chi connectivity index (χ0v) is 23.3. The van der Waals surface area contributed by atoms with Gasteiger partial charge in [0, 0.05) is 5.69 Å². The van der Waals surface area contributed by atoms with E-state index >= 15 is 0 Å². The Bertz CT molecular complexity index is 1880. The third kappa shape index (κ3) is 3.69. The van der Waals surface area contributed by atoms with Crippen molar-refractivity contribution < 1.29 is 5.11 Å². The first-order chi connectivity index (χ1) is 20.8. The largest absolute Gasteiger partial charge is 0.392 e. The van der Waals surface area contributed by atoms with Crippen LogP contribution in [-0.2, 0) is 18.4 Å². The fourth-order valence-electron chi connectivity index (χ4n) is 7.36. The fourth-order valence-corrected chi connectivity index (χ4v) is 7.36. The Morgan fingerprint density at radius 3 is 1.71 bits per heavy atom. The number of nitrogens with one attached hydrogen (secondary N) is 1. The van der Waals surface area contributed by atoms with Crippen molar-refractivity contribution in [1.29, 1.82) is 0 Å². The number of hydrogen-bond acceptors (Lipinski definition) is 2. The van der Waals surface area contributed by atoms with Crippen LogP contribution in [0.5, 0.6) is 0 Å². The molecule has 1 atom stereocenters. The minimum Gasteiger partial charge on any atom is -0.392 e. The summed E-state index contributed by atoms with van der Waals surface area (Å²) in [4.78, 5) is 0. The lowest BCUT2D eigenvalue weighted by molar-refractivity contribution is 0.281. The first-order valence-electron chi connectivity index (χ1n) is 14.7. The molecule has 0 aliphatic heterocycles. The van der Waals surface area contributed by atoms with E-state index in [1.165, 1.54) is 55.6 Å². The average Bonchev–Trinajstić information content (AvgIpc) is 3.52. The molecule has 0 unspecified atom stereocenters. The Balaban J connectivity index is 1.32. The third-order valence-corrected chi connectivity index (χ3v) is 9.16. The van der Waals surface area contributed by atoms with Gasteiger partial charge in [-0.3, -0.25) is 0 Å². The second-order valence-corrected chi connectivity index (χ2v) is 11.4. The van der Waals surface area contributed by atoms with Crippen LogP contribution < -0.4 is 5.32 Å². The van der Waals surface area contributed by atoms with Crippen LogP contribution in [0.15, 0.2) is 146 Å². The molecule has 0 fully saturated rings. The SMILES string of the molecule is OCc1ccc2c(c1)C1(c3ccccc3-c3ccccc31)c1cc(N[C@@H](Cc3ccccc3)c3ccccc3)ccc1-2. The molecular weight excluding hydrogens is 510 g/mol. The maximum atomic E-state index is 10.2. The maximum absolute atomic E-state index is 10.2. The van der Waals surface area contributed by atoms with Crippen LogP contribution >= 0.6 is 0 Å². The van der Waals surface area contributed by atoms with Crippen LogP contribution in [-0.4, -0.2) is 5.11 Å². The zero-order chi connectivity index (χ0) is 28.1. The standard InChI is InChI=1S/C40H31NO/c42-26-28-19-21-33-34-22-20-30(41-39(29-13-5-2-6-14-29)24-27-11-3-1-4-12-27)25-38(34)40(37(33)23-28)35-17-9-7-15-31(35)32-16-8-10-18-36(32)40/h1-23,25,39,41-42H,24,26H2/t39-/m0/s1. The van der Waals surface area contributed by atoms with Gasteiger partial charge in [0.1, 0.15) is 0 Å². The first kappa shape index (κ1) is 24.8. The molecule has 42 heavy (non-hydrogen) atoms. The molecule has 0 saturated carbocycles. The van der Waals surface area contributed by atoms with E-state index < -0.39 is 5.41 Å². The average molecular weight is 542 g/mol. The molecule has 202 valence electrons. The Morgan fingerprint density at radius 1 is 0.500 bits per heavy atom. The highest BCUT2D eigenvalue weighted by atomic mass is 16.3. The van der Waals surface area contributed by atoms with Crippen LogP contribution in [0, 0.1) is 0 Å². The van der Waals surface area contributed by atoms with Gasteiger partial charge in [0.2, 0.25) is 0 Å². The molecule has 0 radical (unpaired) electrons. The van der Waals surface area contributed by atoms with E-state index in [2.05, 4.69) is 151 Å². The highest BCUT2D eigenvalue weighted by Gasteiger charge is 2.51. The van der Waals surface area contributed by atoms with Gasteiger partial charge in [-0.15, -0.1) is 0 Å². The minimum absolute atomic E-state index is 0.0219. The molecule has 8 rings (SSSR count). The van der Waals surface area contributed by atoms with Gasteiger partial charge in [0.05, 0.1) is 18.1 Å². The molecule has 6 aromatic carbocycles. The molecular formula is C40H31NO.